The molecule has 0 saturated carbocycles. The van der Waals surface area contributed by atoms with Crippen molar-refractivity contribution < 1.29 is 4.74 Å². The quantitative estimate of drug-likeness (QED) is 0.0835. The molecule has 0 saturated heterocycles. The van der Waals surface area contributed by atoms with Gasteiger partial charge < -0.3 is 4.74 Å². The van der Waals surface area contributed by atoms with Gasteiger partial charge in [0.1, 0.15) is 0 Å². The SMILES string of the molecule is CC=C=CC(C)C1=CC=C(C(C2C(CCC)CC=C(/C=C(\C)CCCC)C2C)C2C(C)CC=C3CC(OCCCCC)C=CC32)CC1.CCCC. The van der Waals surface area contributed by atoms with Gasteiger partial charge in [0.25, 0.3) is 0 Å². The molecule has 0 spiro atoms. The first-order valence-electron chi connectivity index (χ1n) is 21.9. The molecule has 0 heterocycles. The van der Waals surface area contributed by atoms with E-state index in [2.05, 4.69) is 124 Å². The van der Waals surface area contributed by atoms with Gasteiger partial charge in [-0.25, -0.2) is 0 Å². The third-order valence-electron chi connectivity index (χ3n) is 12.7. The van der Waals surface area contributed by atoms with Crippen LogP contribution in [0.5, 0.6) is 0 Å². The van der Waals surface area contributed by atoms with Crippen molar-refractivity contribution in [2.45, 2.75) is 172 Å². The van der Waals surface area contributed by atoms with Crippen LogP contribution in [0.15, 0.2) is 88.3 Å². The van der Waals surface area contributed by atoms with Crippen molar-refractivity contribution in [1.29, 1.82) is 0 Å². The number of unbranched alkanes of at least 4 members (excludes halogenated alkanes) is 4. The Morgan fingerprint density at radius 3 is 2.24 bits per heavy atom. The van der Waals surface area contributed by atoms with Gasteiger partial charge in [0.2, 0.25) is 0 Å². The van der Waals surface area contributed by atoms with Crippen molar-refractivity contribution in [3.05, 3.63) is 88.3 Å². The number of fused-ring (bicyclic) bond motifs is 1. The molecular weight excluding hydrogens is 617 g/mol. The molecule has 4 aliphatic rings. The molecule has 9 atom stereocenters. The summed E-state index contributed by atoms with van der Waals surface area (Å²) in [5.41, 5.74) is 11.5. The minimum absolute atomic E-state index is 0.250. The second-order valence-corrected chi connectivity index (χ2v) is 16.7. The topological polar surface area (TPSA) is 9.23 Å². The fraction of sp³-hybridized carbons (Fsp3) is 0.700. The van der Waals surface area contributed by atoms with Crippen LogP contribution in [0.3, 0.4) is 0 Å². The molecule has 9 unspecified atom stereocenters. The summed E-state index contributed by atoms with van der Waals surface area (Å²) < 4.78 is 6.43. The van der Waals surface area contributed by atoms with Crippen LogP contribution in [0.4, 0.5) is 0 Å². The molecule has 4 aliphatic carbocycles. The van der Waals surface area contributed by atoms with E-state index < -0.39 is 0 Å². The van der Waals surface area contributed by atoms with Crippen LogP contribution in [0.1, 0.15) is 166 Å². The van der Waals surface area contributed by atoms with E-state index in [1.165, 1.54) is 89.9 Å². The fourth-order valence-electron chi connectivity index (χ4n) is 9.50. The van der Waals surface area contributed by atoms with Gasteiger partial charge in [0, 0.05) is 18.4 Å². The van der Waals surface area contributed by atoms with E-state index >= 15 is 0 Å². The molecule has 0 bridgehead atoms. The molecule has 0 radical (unpaired) electrons. The molecule has 4 rings (SSSR count). The van der Waals surface area contributed by atoms with E-state index in [1.54, 1.807) is 27.9 Å². The molecule has 286 valence electrons. The van der Waals surface area contributed by atoms with E-state index in [0.717, 1.165) is 18.9 Å². The first kappa shape index (κ1) is 43.3. The summed E-state index contributed by atoms with van der Waals surface area (Å²) in [6, 6.07) is 0. The molecule has 0 fully saturated rings. The lowest BCUT2D eigenvalue weighted by molar-refractivity contribution is 0.0584. The average Bonchev–Trinajstić information content (AvgIpc) is 3.15. The first-order chi connectivity index (χ1) is 24.7. The zero-order valence-electron chi connectivity index (χ0n) is 35.1. The Morgan fingerprint density at radius 2 is 1.59 bits per heavy atom. The molecule has 1 heteroatoms. The zero-order chi connectivity index (χ0) is 37.2. The molecule has 1 nitrogen and oxygen atoms in total. The number of hydrogen-bond donors (Lipinski definition) is 0. The van der Waals surface area contributed by atoms with E-state index in [4.69, 9.17) is 4.74 Å². The van der Waals surface area contributed by atoms with Gasteiger partial charge in [-0.05, 0) is 118 Å². The summed E-state index contributed by atoms with van der Waals surface area (Å²) in [6.45, 7) is 24.2. The number of ether oxygens (including phenoxy) is 1. The van der Waals surface area contributed by atoms with Crippen LogP contribution in [0.25, 0.3) is 0 Å². The normalized spacial score (nSPS) is 28.8. The monoisotopic (exact) mass is 697 g/mol. The molecule has 0 amide bonds. The summed E-state index contributed by atoms with van der Waals surface area (Å²) in [6.07, 6.45) is 41.3. The number of allylic oxidation sites excluding steroid dienone is 11. The third-order valence-corrected chi connectivity index (χ3v) is 12.7. The smallest absolute Gasteiger partial charge is 0.0793 e. The van der Waals surface area contributed by atoms with Crippen LogP contribution in [-0.2, 0) is 4.74 Å². The molecule has 0 aromatic carbocycles. The van der Waals surface area contributed by atoms with Crippen LogP contribution in [0, 0.1) is 47.3 Å². The highest BCUT2D eigenvalue weighted by atomic mass is 16.5. The Kier molecular flexibility index (Phi) is 20.0. The molecule has 51 heavy (non-hydrogen) atoms. The van der Waals surface area contributed by atoms with Gasteiger partial charge in [0.05, 0.1) is 6.10 Å². The first-order valence-corrected chi connectivity index (χ1v) is 21.9. The van der Waals surface area contributed by atoms with Crippen LogP contribution in [0.2, 0.25) is 0 Å². The summed E-state index contributed by atoms with van der Waals surface area (Å²) >= 11 is 0. The van der Waals surface area contributed by atoms with Crippen molar-refractivity contribution >= 4 is 0 Å². The van der Waals surface area contributed by atoms with Gasteiger partial charge in [-0.2, -0.15) is 0 Å². The van der Waals surface area contributed by atoms with E-state index in [9.17, 15) is 0 Å². The maximum Gasteiger partial charge on any atom is 0.0793 e. The minimum atomic E-state index is 0.250. The predicted octanol–water partition coefficient (Wildman–Crippen LogP) is 15.3. The summed E-state index contributed by atoms with van der Waals surface area (Å²) in [5.74, 6) is 4.91. The van der Waals surface area contributed by atoms with E-state index in [1.807, 2.05) is 6.08 Å². The average molecular weight is 697 g/mol. The van der Waals surface area contributed by atoms with Gasteiger partial charge >= 0.3 is 0 Å². The summed E-state index contributed by atoms with van der Waals surface area (Å²) in [5, 5.41) is 0. The van der Waals surface area contributed by atoms with Crippen LogP contribution < -0.4 is 0 Å². The number of rotatable bonds is 17. The lowest BCUT2D eigenvalue weighted by atomic mass is 9.53. The van der Waals surface area contributed by atoms with E-state index in [0.29, 0.717) is 41.4 Å². The molecule has 0 aliphatic heterocycles. The van der Waals surface area contributed by atoms with Gasteiger partial charge in [-0.15, -0.1) is 5.73 Å². The predicted molar refractivity (Wildman–Crippen MR) is 226 cm³/mol. The van der Waals surface area contributed by atoms with Crippen LogP contribution in [-0.4, -0.2) is 12.7 Å². The van der Waals surface area contributed by atoms with Gasteiger partial charge in [0.15, 0.2) is 0 Å². The molecule has 0 N–H and O–H groups in total. The largest absolute Gasteiger partial charge is 0.374 e. The van der Waals surface area contributed by atoms with Crippen LogP contribution >= 0.6 is 0 Å². The summed E-state index contributed by atoms with van der Waals surface area (Å²) in [7, 11) is 0. The molecular formula is C50H80O. The lowest BCUT2D eigenvalue weighted by Gasteiger charge is -2.51. The standard InChI is InChI=1S/C46H70O.C4H10/c1-9-13-16-30-47-42-28-29-43-41(32-42)21-20-35(7)44(43)46(39-24-22-37(23-25-39)34(6)19-15-11-3)45-36(8)40(27-26-38(45)17-12-4)31-33(5)18-14-10-2;1-3-4-2/h11,19,21-22,24,27-29,31,34-36,38,42-46H,9-10,12-14,16-18,20,23,25-26,30,32H2,1-8H3;3-4H2,1-2H3/b33-31+;. The third kappa shape index (κ3) is 12.8. The molecule has 0 aromatic rings. The minimum Gasteiger partial charge on any atom is -0.374 e. The highest BCUT2D eigenvalue weighted by Crippen LogP contribution is 2.55. The lowest BCUT2D eigenvalue weighted by Crippen LogP contribution is -2.44. The van der Waals surface area contributed by atoms with Crippen molar-refractivity contribution in [2.75, 3.05) is 6.61 Å². The molecule has 0 aromatic heterocycles. The second-order valence-electron chi connectivity index (χ2n) is 16.7. The Labute approximate surface area is 317 Å². The van der Waals surface area contributed by atoms with Crippen molar-refractivity contribution in [1.82, 2.24) is 0 Å². The fourth-order valence-corrected chi connectivity index (χ4v) is 9.50. The Bertz CT molecular complexity index is 1270. The van der Waals surface area contributed by atoms with Crippen molar-refractivity contribution in [3.63, 3.8) is 0 Å². The maximum absolute atomic E-state index is 6.43. The Morgan fingerprint density at radius 1 is 0.863 bits per heavy atom. The number of hydrogen-bond acceptors (Lipinski definition) is 1. The highest BCUT2D eigenvalue weighted by Gasteiger charge is 2.47. The maximum atomic E-state index is 6.43. The highest BCUT2D eigenvalue weighted by molar-refractivity contribution is 5.35. The zero-order valence-corrected chi connectivity index (χ0v) is 35.1. The van der Waals surface area contributed by atoms with Crippen molar-refractivity contribution in [2.24, 2.45) is 47.3 Å². The van der Waals surface area contributed by atoms with Gasteiger partial charge in [-0.1, -0.05) is 165 Å². The summed E-state index contributed by atoms with van der Waals surface area (Å²) in [4.78, 5) is 0. The second kappa shape index (κ2) is 23.6. The Hall–Kier alpha value is -2.08. The van der Waals surface area contributed by atoms with E-state index in [-0.39, 0.29) is 6.10 Å². The van der Waals surface area contributed by atoms with Crippen molar-refractivity contribution in [3.8, 4) is 0 Å². The Balaban J connectivity index is 0.00000166. The van der Waals surface area contributed by atoms with Gasteiger partial charge in [-0.3, -0.25) is 0 Å².